The van der Waals surface area contributed by atoms with Crippen LogP contribution in [0.2, 0.25) is 0 Å². The van der Waals surface area contributed by atoms with E-state index in [0.717, 1.165) is 17.6 Å². The molecule has 0 bridgehead atoms. The number of amides is 1. The standard InChI is InChI=1S/C23H25N3O5/c1-13-6-5-7-26-11-15(24-21(13)26)12-31-23(28)17-9-19(29-3)20(30-4)10-18(17)25-22(27)16-8-14(16)2/h5-7,9-11,14,16H,8,12H2,1-4H3,(H,25,27). The molecule has 8 nitrogen and oxygen atoms in total. The summed E-state index contributed by atoms with van der Waals surface area (Å²) in [5, 5.41) is 2.84. The SMILES string of the molecule is COc1cc(NC(=O)C2CC2C)c(C(=O)OCc2cn3cccc(C)c3n2)cc1OC. The normalized spacial score (nSPS) is 17.3. The fourth-order valence-corrected chi connectivity index (χ4v) is 3.56. The molecule has 1 aromatic carbocycles. The molecule has 3 aromatic rings. The van der Waals surface area contributed by atoms with E-state index < -0.39 is 5.97 Å². The van der Waals surface area contributed by atoms with Crippen LogP contribution in [0.3, 0.4) is 0 Å². The monoisotopic (exact) mass is 423 g/mol. The number of nitrogens with zero attached hydrogens (tertiary/aromatic N) is 2. The van der Waals surface area contributed by atoms with E-state index in [1.54, 1.807) is 6.07 Å². The van der Waals surface area contributed by atoms with Crippen LogP contribution in [0.1, 0.15) is 35.0 Å². The number of carbonyl (C=O) groups is 2. The third kappa shape index (κ3) is 4.19. The van der Waals surface area contributed by atoms with Crippen molar-refractivity contribution < 1.29 is 23.8 Å². The average molecular weight is 423 g/mol. The van der Waals surface area contributed by atoms with Crippen molar-refractivity contribution >= 4 is 23.2 Å². The largest absolute Gasteiger partial charge is 0.493 e. The molecule has 31 heavy (non-hydrogen) atoms. The molecule has 162 valence electrons. The Labute approximate surface area is 180 Å². The number of rotatable bonds is 7. The maximum atomic E-state index is 12.9. The van der Waals surface area contributed by atoms with Gasteiger partial charge < -0.3 is 23.9 Å². The Morgan fingerprint density at radius 1 is 1.23 bits per heavy atom. The van der Waals surface area contributed by atoms with E-state index in [1.807, 2.05) is 42.8 Å². The van der Waals surface area contributed by atoms with Crippen LogP contribution in [0.25, 0.3) is 5.65 Å². The number of carbonyl (C=O) groups excluding carboxylic acids is 2. The minimum absolute atomic E-state index is 0.00133. The van der Waals surface area contributed by atoms with Crippen LogP contribution in [-0.2, 0) is 16.1 Å². The van der Waals surface area contributed by atoms with Crippen LogP contribution < -0.4 is 14.8 Å². The third-order valence-electron chi connectivity index (χ3n) is 5.53. The van der Waals surface area contributed by atoms with E-state index >= 15 is 0 Å². The van der Waals surface area contributed by atoms with Crippen molar-refractivity contribution in [3.63, 3.8) is 0 Å². The molecular formula is C23H25N3O5. The number of pyridine rings is 1. The highest BCUT2D eigenvalue weighted by Crippen LogP contribution is 2.40. The third-order valence-corrected chi connectivity index (χ3v) is 5.53. The van der Waals surface area contributed by atoms with Crippen molar-refractivity contribution in [3.05, 3.63) is 53.5 Å². The Bertz CT molecular complexity index is 1150. The number of benzene rings is 1. The van der Waals surface area contributed by atoms with Gasteiger partial charge >= 0.3 is 5.97 Å². The van der Waals surface area contributed by atoms with Crippen LogP contribution in [0, 0.1) is 18.8 Å². The summed E-state index contributed by atoms with van der Waals surface area (Å²) in [6.07, 6.45) is 4.55. The minimum Gasteiger partial charge on any atom is -0.493 e. The molecule has 1 N–H and O–H groups in total. The van der Waals surface area contributed by atoms with Gasteiger partial charge in [-0.15, -0.1) is 0 Å². The van der Waals surface area contributed by atoms with Crippen LogP contribution in [0.15, 0.2) is 36.7 Å². The zero-order chi connectivity index (χ0) is 22.1. The highest BCUT2D eigenvalue weighted by Gasteiger charge is 2.39. The molecule has 2 unspecified atom stereocenters. The molecule has 1 saturated carbocycles. The predicted octanol–water partition coefficient (Wildman–Crippen LogP) is 3.61. The summed E-state index contributed by atoms with van der Waals surface area (Å²) in [5.41, 5.74) is 2.99. The fraction of sp³-hybridized carbons (Fsp3) is 0.348. The molecule has 1 amide bonds. The maximum Gasteiger partial charge on any atom is 0.340 e. The van der Waals surface area contributed by atoms with Crippen LogP contribution in [-0.4, -0.2) is 35.5 Å². The lowest BCUT2D eigenvalue weighted by atomic mass is 10.1. The number of methoxy groups -OCH3 is 2. The van der Waals surface area contributed by atoms with Crippen molar-refractivity contribution in [2.24, 2.45) is 11.8 Å². The molecule has 0 aliphatic heterocycles. The summed E-state index contributed by atoms with van der Waals surface area (Å²) in [6, 6.07) is 6.99. The minimum atomic E-state index is -0.589. The van der Waals surface area contributed by atoms with Gasteiger partial charge in [0.2, 0.25) is 5.91 Å². The molecule has 0 radical (unpaired) electrons. The topological polar surface area (TPSA) is 91.2 Å². The summed E-state index contributed by atoms with van der Waals surface area (Å²) >= 11 is 0. The lowest BCUT2D eigenvalue weighted by molar-refractivity contribution is -0.117. The predicted molar refractivity (Wildman–Crippen MR) is 114 cm³/mol. The molecule has 2 aromatic heterocycles. The number of imidazole rings is 1. The number of hydrogen-bond acceptors (Lipinski definition) is 6. The first-order chi connectivity index (χ1) is 14.9. The van der Waals surface area contributed by atoms with Gasteiger partial charge in [0.1, 0.15) is 12.3 Å². The quantitative estimate of drug-likeness (QED) is 0.584. The molecule has 8 heteroatoms. The lowest BCUT2D eigenvalue weighted by Gasteiger charge is -2.15. The average Bonchev–Trinajstić information content (AvgIpc) is 3.34. The molecule has 0 spiro atoms. The van der Waals surface area contributed by atoms with Crippen molar-refractivity contribution in [1.29, 1.82) is 0 Å². The molecule has 2 heterocycles. The van der Waals surface area contributed by atoms with Gasteiger partial charge in [0.25, 0.3) is 0 Å². The smallest absolute Gasteiger partial charge is 0.340 e. The van der Waals surface area contributed by atoms with E-state index in [1.165, 1.54) is 20.3 Å². The number of hydrogen-bond donors (Lipinski definition) is 1. The summed E-state index contributed by atoms with van der Waals surface area (Å²) in [6.45, 7) is 3.99. The first kappa shape index (κ1) is 20.7. The molecule has 2 atom stereocenters. The van der Waals surface area contributed by atoms with Gasteiger partial charge in [-0.2, -0.15) is 0 Å². The first-order valence-electron chi connectivity index (χ1n) is 10.1. The van der Waals surface area contributed by atoms with Gasteiger partial charge in [0.15, 0.2) is 11.5 Å². The summed E-state index contributed by atoms with van der Waals surface area (Å²) < 4.78 is 18.0. The van der Waals surface area contributed by atoms with Crippen molar-refractivity contribution in [2.45, 2.75) is 26.9 Å². The highest BCUT2D eigenvalue weighted by molar-refractivity contribution is 6.03. The second-order valence-corrected chi connectivity index (χ2v) is 7.79. The number of esters is 1. The second kappa shape index (κ2) is 8.29. The Hall–Kier alpha value is -3.55. The Morgan fingerprint density at radius 2 is 1.94 bits per heavy atom. The van der Waals surface area contributed by atoms with E-state index in [2.05, 4.69) is 10.3 Å². The number of anilines is 1. The molecular weight excluding hydrogens is 398 g/mol. The van der Waals surface area contributed by atoms with Gasteiger partial charge in [0, 0.05) is 30.4 Å². The molecule has 4 rings (SSSR count). The molecule has 0 saturated heterocycles. The van der Waals surface area contributed by atoms with Crippen molar-refractivity contribution in [2.75, 3.05) is 19.5 Å². The number of aryl methyl sites for hydroxylation is 1. The first-order valence-corrected chi connectivity index (χ1v) is 10.1. The molecule has 1 aliphatic rings. The van der Waals surface area contributed by atoms with E-state index in [9.17, 15) is 9.59 Å². The van der Waals surface area contributed by atoms with Gasteiger partial charge in [-0.1, -0.05) is 13.0 Å². The number of nitrogens with one attached hydrogen (secondary N) is 1. The van der Waals surface area contributed by atoms with Crippen molar-refractivity contribution in [3.8, 4) is 11.5 Å². The van der Waals surface area contributed by atoms with Crippen LogP contribution in [0.5, 0.6) is 11.5 Å². The van der Waals surface area contributed by atoms with Gasteiger partial charge in [-0.3, -0.25) is 4.79 Å². The van der Waals surface area contributed by atoms with E-state index in [0.29, 0.717) is 28.8 Å². The maximum absolute atomic E-state index is 12.9. The Morgan fingerprint density at radius 3 is 2.58 bits per heavy atom. The van der Waals surface area contributed by atoms with Gasteiger partial charge in [-0.05, 0) is 30.9 Å². The summed E-state index contributed by atoms with van der Waals surface area (Å²) in [4.78, 5) is 29.9. The zero-order valence-electron chi connectivity index (χ0n) is 18.0. The summed E-state index contributed by atoms with van der Waals surface area (Å²) in [7, 11) is 2.98. The van der Waals surface area contributed by atoms with E-state index in [4.69, 9.17) is 14.2 Å². The number of aromatic nitrogens is 2. The van der Waals surface area contributed by atoms with Gasteiger partial charge in [-0.25, -0.2) is 9.78 Å². The van der Waals surface area contributed by atoms with Crippen molar-refractivity contribution in [1.82, 2.24) is 9.38 Å². The number of ether oxygens (including phenoxy) is 3. The summed E-state index contributed by atoms with van der Waals surface area (Å²) in [5.74, 6) is 0.371. The molecule has 1 fully saturated rings. The van der Waals surface area contributed by atoms with Crippen LogP contribution in [0.4, 0.5) is 5.69 Å². The van der Waals surface area contributed by atoms with E-state index in [-0.39, 0.29) is 24.0 Å². The fourth-order valence-electron chi connectivity index (χ4n) is 3.56. The second-order valence-electron chi connectivity index (χ2n) is 7.79. The zero-order valence-corrected chi connectivity index (χ0v) is 18.0. The molecule has 1 aliphatic carbocycles. The number of fused-ring (bicyclic) bond motifs is 1. The highest BCUT2D eigenvalue weighted by atomic mass is 16.5. The Kier molecular flexibility index (Phi) is 5.54. The lowest BCUT2D eigenvalue weighted by Crippen LogP contribution is -2.18. The Balaban J connectivity index is 1.57. The van der Waals surface area contributed by atoms with Gasteiger partial charge in [0.05, 0.1) is 31.2 Å². The van der Waals surface area contributed by atoms with Crippen LogP contribution >= 0.6 is 0 Å².